The third-order valence-electron chi connectivity index (χ3n) is 18.2. The summed E-state index contributed by atoms with van der Waals surface area (Å²) in [6.07, 6.45) is 33.4. The number of hydrogen-bond donors (Lipinski definition) is 0. The molecular formula is C52H60Cl2Zr. The molecule has 286 valence electrons. The largest absolute Gasteiger partial charge is 1.00 e. The topological polar surface area (TPSA) is 0 Å². The first-order valence-electron chi connectivity index (χ1n) is 20.4. The van der Waals surface area contributed by atoms with E-state index in [2.05, 4.69) is 211 Å². The molecule has 10 atom stereocenters. The normalized spacial score (nSPS) is 40.9. The molecule has 2 saturated carbocycles. The maximum Gasteiger partial charge on any atom is -1.00 e. The van der Waals surface area contributed by atoms with E-state index in [-0.39, 0.29) is 68.1 Å². The van der Waals surface area contributed by atoms with Crippen molar-refractivity contribution in [2.45, 2.75) is 86.7 Å². The van der Waals surface area contributed by atoms with Gasteiger partial charge in [0.15, 0.2) is 0 Å². The minimum absolute atomic E-state index is 0. The first-order valence-corrected chi connectivity index (χ1v) is 24.2. The quantitative estimate of drug-likeness (QED) is 0.250. The fourth-order valence-electron chi connectivity index (χ4n) is 14.5. The molecule has 0 N–H and O–H groups in total. The summed E-state index contributed by atoms with van der Waals surface area (Å²) in [6, 6.07) is 18.9. The van der Waals surface area contributed by atoms with E-state index in [0.29, 0.717) is 15.5 Å². The van der Waals surface area contributed by atoms with E-state index in [4.69, 9.17) is 0 Å². The second-order valence-electron chi connectivity index (χ2n) is 20.2. The van der Waals surface area contributed by atoms with Gasteiger partial charge in [0.1, 0.15) is 0 Å². The molecule has 0 amide bonds. The van der Waals surface area contributed by atoms with Crippen LogP contribution in [0, 0.1) is 55.2 Å². The van der Waals surface area contributed by atoms with Crippen molar-refractivity contribution in [2.75, 3.05) is 0 Å². The Hall–Kier alpha value is -2.31. The molecule has 7 aliphatic rings. The molecule has 0 bridgehead atoms. The van der Waals surface area contributed by atoms with Gasteiger partial charge in [0, 0.05) is 0 Å². The van der Waals surface area contributed by atoms with E-state index in [9.17, 15) is 0 Å². The van der Waals surface area contributed by atoms with Crippen molar-refractivity contribution in [3.63, 3.8) is 0 Å². The zero-order valence-corrected chi connectivity index (χ0v) is 39.1. The third kappa shape index (κ3) is 4.38. The Morgan fingerprint density at radius 1 is 0.618 bits per heavy atom. The number of hydrogen-bond acceptors (Lipinski definition) is 0. The Balaban J connectivity index is 0.00000233. The zero-order valence-electron chi connectivity index (χ0n) is 35.1. The first-order chi connectivity index (χ1) is 24.9. The predicted molar refractivity (Wildman–Crippen MR) is 223 cm³/mol. The summed E-state index contributed by atoms with van der Waals surface area (Å²) in [5, 5.41) is 0. The molecule has 55 heavy (non-hydrogen) atoms. The fourth-order valence-corrected chi connectivity index (χ4v) is 26.4. The SMILES string of the molecule is CC1=CC=CC2[CH]([Zr+2]([C]3=CC(C(C)(C)C)=CC3C)=[C]3c4ccccc4-c4ccccc43)C3(C)C4(C)C=CC=CC4(C)C4(C)C=CC=CC4(C)C3(C)C12C.[Cl-].[Cl-]. The summed E-state index contributed by atoms with van der Waals surface area (Å²) in [4.78, 5) is 0. The molecule has 10 unspecified atom stereocenters. The van der Waals surface area contributed by atoms with Gasteiger partial charge in [-0.2, -0.15) is 0 Å². The molecule has 0 saturated heterocycles. The van der Waals surface area contributed by atoms with Crippen LogP contribution < -0.4 is 24.8 Å². The third-order valence-corrected chi connectivity index (χ3v) is 27.7. The Morgan fingerprint density at radius 2 is 1.09 bits per heavy atom. The zero-order chi connectivity index (χ0) is 37.8. The van der Waals surface area contributed by atoms with Crippen LogP contribution in [0.25, 0.3) is 11.1 Å². The number of benzene rings is 2. The minimum atomic E-state index is -3.06. The molecule has 2 fully saturated rings. The van der Waals surface area contributed by atoms with Crippen molar-refractivity contribution in [3.05, 3.63) is 153 Å². The van der Waals surface area contributed by atoms with Gasteiger partial charge >= 0.3 is 331 Å². The summed E-state index contributed by atoms with van der Waals surface area (Å²) in [6.45, 7) is 31.3. The van der Waals surface area contributed by atoms with Gasteiger partial charge in [-0.25, -0.2) is 0 Å². The van der Waals surface area contributed by atoms with E-state index in [1.165, 1.54) is 27.8 Å². The van der Waals surface area contributed by atoms with Crippen molar-refractivity contribution in [1.29, 1.82) is 0 Å². The van der Waals surface area contributed by atoms with Crippen molar-refractivity contribution in [1.82, 2.24) is 0 Å². The van der Waals surface area contributed by atoms with Crippen LogP contribution in [0.4, 0.5) is 0 Å². The Morgan fingerprint density at radius 3 is 1.60 bits per heavy atom. The Labute approximate surface area is 352 Å². The van der Waals surface area contributed by atoms with E-state index < -0.39 is 21.3 Å². The summed E-state index contributed by atoms with van der Waals surface area (Å²) in [5.41, 5.74) is 8.42. The molecule has 0 aliphatic heterocycles. The van der Waals surface area contributed by atoms with Gasteiger partial charge in [0.05, 0.1) is 0 Å². The number of fused-ring (bicyclic) bond motifs is 11. The molecule has 0 heterocycles. The summed E-state index contributed by atoms with van der Waals surface area (Å²) in [5.74, 6) is 0.842. The molecule has 0 nitrogen and oxygen atoms in total. The second kappa shape index (κ2) is 12.6. The van der Waals surface area contributed by atoms with Gasteiger partial charge in [0.2, 0.25) is 0 Å². The predicted octanol–water partition coefficient (Wildman–Crippen LogP) is 7.61. The van der Waals surface area contributed by atoms with Crippen LogP contribution in [-0.4, -0.2) is 3.21 Å². The fraction of sp³-hybridized carbons (Fsp3) is 0.442. The van der Waals surface area contributed by atoms with Gasteiger partial charge in [0.25, 0.3) is 0 Å². The summed E-state index contributed by atoms with van der Waals surface area (Å²) >= 11 is -3.06. The Bertz CT molecular complexity index is 2240. The molecule has 2 aromatic carbocycles. The van der Waals surface area contributed by atoms with Gasteiger partial charge < -0.3 is 24.8 Å². The number of rotatable bonds is 2. The van der Waals surface area contributed by atoms with E-state index in [1.807, 2.05) is 0 Å². The van der Waals surface area contributed by atoms with Crippen LogP contribution in [-0.2, 0) is 21.3 Å². The number of allylic oxidation sites excluding steroid dienone is 16. The van der Waals surface area contributed by atoms with Crippen molar-refractivity contribution < 1.29 is 46.1 Å². The smallest absolute Gasteiger partial charge is 1.00 e. The van der Waals surface area contributed by atoms with E-state index >= 15 is 0 Å². The monoisotopic (exact) mass is 844 g/mol. The second-order valence-corrected chi connectivity index (χ2v) is 26.4. The molecule has 3 heteroatoms. The van der Waals surface area contributed by atoms with Crippen LogP contribution in [0.1, 0.15) is 94.2 Å². The summed E-state index contributed by atoms with van der Waals surface area (Å²) < 4.78 is 4.05. The molecule has 0 aromatic heterocycles. The van der Waals surface area contributed by atoms with Crippen LogP contribution in [0.5, 0.6) is 0 Å². The molecule has 7 aliphatic carbocycles. The molecule has 0 radical (unpaired) electrons. The van der Waals surface area contributed by atoms with Gasteiger partial charge in [-0.3, -0.25) is 0 Å². The van der Waals surface area contributed by atoms with Crippen LogP contribution in [0.15, 0.2) is 142 Å². The molecular weight excluding hydrogens is 787 g/mol. The van der Waals surface area contributed by atoms with Gasteiger partial charge in [-0.05, 0) is 0 Å². The van der Waals surface area contributed by atoms with Crippen LogP contribution in [0.2, 0.25) is 3.63 Å². The maximum atomic E-state index is 2.84. The molecule has 9 rings (SSSR count). The summed E-state index contributed by atoms with van der Waals surface area (Å²) in [7, 11) is 0. The van der Waals surface area contributed by atoms with Gasteiger partial charge in [-0.1, -0.05) is 0 Å². The van der Waals surface area contributed by atoms with Gasteiger partial charge in [-0.15, -0.1) is 0 Å². The van der Waals surface area contributed by atoms with Crippen LogP contribution in [0.3, 0.4) is 0 Å². The maximum absolute atomic E-state index is 3.06. The minimum Gasteiger partial charge on any atom is -1.00 e. The van der Waals surface area contributed by atoms with Crippen LogP contribution >= 0.6 is 0 Å². The molecule has 2 aromatic rings. The van der Waals surface area contributed by atoms with Crippen molar-refractivity contribution in [2.24, 2.45) is 55.2 Å². The average Bonchev–Trinajstić information content (AvgIpc) is 3.73. The Kier molecular flexibility index (Phi) is 9.36. The standard InChI is InChI=1S/C29H37.C13H8.C10H15.2ClH.Zr/c1-21-14-13-15-22-20-27(6)25(4)18-10-9-16-23(25,2)24(3)17-11-12-19-26(24,5)29(27,8)28(21,22)7;1-3-7-12-10(5-1)9-11-6-2-4-8-13(11)12;1-8-5-6-9(7-8)10(2,3)4;;;/h9-20,22H,1-8H3;1-8H;6-8H,1-4H3;2*1H;/q;;;;;+2/p-2. The average molecular weight is 847 g/mol. The van der Waals surface area contributed by atoms with Crippen molar-refractivity contribution >= 4 is 3.21 Å². The molecule has 0 spiro atoms. The first kappa shape index (κ1) is 40.9. The van der Waals surface area contributed by atoms with Crippen molar-refractivity contribution in [3.8, 4) is 11.1 Å². The van der Waals surface area contributed by atoms with E-state index in [1.54, 1.807) is 12.1 Å². The number of halogens is 2. The van der Waals surface area contributed by atoms with E-state index in [0.717, 1.165) is 0 Å².